The van der Waals surface area contributed by atoms with E-state index in [9.17, 15) is 4.79 Å². The Morgan fingerprint density at radius 1 is 1.38 bits per heavy atom. The second kappa shape index (κ2) is 4.26. The lowest BCUT2D eigenvalue weighted by Gasteiger charge is -2.49. The van der Waals surface area contributed by atoms with Gasteiger partial charge < -0.3 is 15.2 Å². The van der Waals surface area contributed by atoms with Gasteiger partial charge in [0.2, 0.25) is 0 Å². The van der Waals surface area contributed by atoms with Crippen LogP contribution in [-0.4, -0.2) is 29.0 Å². The van der Waals surface area contributed by atoms with E-state index in [2.05, 4.69) is 42.3 Å². The number of nitrogens with zero attached hydrogens (tertiary/aromatic N) is 1. The molecule has 3 heterocycles. The minimum absolute atomic E-state index is 0.0872. The summed E-state index contributed by atoms with van der Waals surface area (Å²) in [6.45, 7) is 5.91. The van der Waals surface area contributed by atoms with Gasteiger partial charge in [-0.15, -0.1) is 0 Å². The third-order valence-electron chi connectivity index (χ3n) is 5.36. The second-order valence-corrected chi connectivity index (χ2v) is 6.24. The number of hydrogen-bond acceptors (Lipinski definition) is 1. The highest BCUT2D eigenvalue weighted by Gasteiger charge is 2.47. The van der Waals surface area contributed by atoms with E-state index in [0.717, 1.165) is 32.4 Å². The number of urea groups is 1. The van der Waals surface area contributed by atoms with Crippen molar-refractivity contribution in [3.8, 4) is 0 Å². The Labute approximate surface area is 124 Å². The number of carbonyl (C=O) groups excluding carboxylic acids is 1. The van der Waals surface area contributed by atoms with Gasteiger partial charge in [0.15, 0.2) is 0 Å². The molecule has 0 saturated carbocycles. The van der Waals surface area contributed by atoms with E-state index in [1.807, 2.05) is 4.90 Å². The first kappa shape index (κ1) is 12.7. The summed E-state index contributed by atoms with van der Waals surface area (Å²) in [5.41, 5.74) is 5.06. The SMILES string of the molecule is CC[C@]12CCNC(=O)N1CCc1c2[nH]c2c(C)cccc12. The molecule has 1 aromatic heterocycles. The summed E-state index contributed by atoms with van der Waals surface area (Å²) >= 11 is 0. The molecule has 1 aromatic carbocycles. The van der Waals surface area contributed by atoms with E-state index in [4.69, 9.17) is 0 Å². The first-order valence-corrected chi connectivity index (χ1v) is 7.83. The fourth-order valence-corrected chi connectivity index (χ4v) is 4.22. The number of para-hydroxylation sites is 1. The molecule has 4 rings (SSSR count). The molecule has 0 unspecified atom stereocenters. The second-order valence-electron chi connectivity index (χ2n) is 6.24. The van der Waals surface area contributed by atoms with Gasteiger partial charge in [0.25, 0.3) is 0 Å². The molecular formula is C17H21N3O. The number of hydrogen-bond donors (Lipinski definition) is 2. The lowest BCUT2D eigenvalue weighted by molar-refractivity contribution is 0.0674. The average molecular weight is 283 g/mol. The van der Waals surface area contributed by atoms with Crippen LogP contribution in [0.25, 0.3) is 10.9 Å². The highest BCUT2D eigenvalue weighted by atomic mass is 16.2. The molecule has 1 fully saturated rings. The molecule has 1 saturated heterocycles. The van der Waals surface area contributed by atoms with Gasteiger partial charge in [0.1, 0.15) is 0 Å². The van der Waals surface area contributed by atoms with Crippen molar-refractivity contribution in [2.24, 2.45) is 0 Å². The Balaban J connectivity index is 2.00. The maximum Gasteiger partial charge on any atom is 0.318 e. The Hall–Kier alpha value is -1.97. The standard InChI is InChI=1S/C17H21N3O/c1-3-17-8-9-18-16(21)20(17)10-7-13-12-6-4-5-11(2)14(12)19-15(13)17/h4-6,19H,3,7-10H2,1-2H3,(H,18,21)/t17-/m1/s1. The number of amides is 2. The van der Waals surface area contributed by atoms with Crippen LogP contribution in [0.1, 0.15) is 36.6 Å². The van der Waals surface area contributed by atoms with E-state index in [-0.39, 0.29) is 11.6 Å². The number of benzene rings is 1. The molecule has 0 bridgehead atoms. The molecule has 2 aromatic rings. The molecule has 21 heavy (non-hydrogen) atoms. The number of aryl methyl sites for hydroxylation is 1. The number of rotatable bonds is 1. The van der Waals surface area contributed by atoms with Crippen LogP contribution in [-0.2, 0) is 12.0 Å². The van der Waals surface area contributed by atoms with Gasteiger partial charge in [0.05, 0.1) is 5.54 Å². The van der Waals surface area contributed by atoms with Crippen molar-refractivity contribution in [2.75, 3.05) is 13.1 Å². The van der Waals surface area contributed by atoms with Crippen LogP contribution in [0.2, 0.25) is 0 Å². The number of fused-ring (bicyclic) bond motifs is 5. The van der Waals surface area contributed by atoms with Crippen molar-refractivity contribution >= 4 is 16.9 Å². The molecule has 0 spiro atoms. The van der Waals surface area contributed by atoms with Crippen LogP contribution < -0.4 is 5.32 Å². The molecule has 2 aliphatic rings. The molecule has 2 aliphatic heterocycles. The summed E-state index contributed by atoms with van der Waals surface area (Å²) in [7, 11) is 0. The van der Waals surface area contributed by atoms with Crippen molar-refractivity contribution < 1.29 is 4.79 Å². The number of carbonyl (C=O) groups is 1. The van der Waals surface area contributed by atoms with Crippen LogP contribution in [0.3, 0.4) is 0 Å². The maximum absolute atomic E-state index is 12.3. The highest BCUT2D eigenvalue weighted by Crippen LogP contribution is 2.44. The van der Waals surface area contributed by atoms with E-state index >= 15 is 0 Å². The van der Waals surface area contributed by atoms with Gasteiger partial charge in [-0.2, -0.15) is 0 Å². The molecule has 110 valence electrons. The zero-order chi connectivity index (χ0) is 14.6. The van der Waals surface area contributed by atoms with Gasteiger partial charge in [-0.25, -0.2) is 4.79 Å². The molecule has 4 heteroatoms. The quantitative estimate of drug-likeness (QED) is 0.830. The Morgan fingerprint density at radius 3 is 3.05 bits per heavy atom. The molecule has 0 radical (unpaired) electrons. The van der Waals surface area contributed by atoms with E-state index in [0.29, 0.717) is 0 Å². The first-order chi connectivity index (χ1) is 10.2. The predicted octanol–water partition coefficient (Wildman–Crippen LogP) is 3.05. The minimum atomic E-state index is -0.151. The lowest BCUT2D eigenvalue weighted by atomic mass is 9.79. The van der Waals surface area contributed by atoms with E-state index in [1.165, 1.54) is 27.7 Å². The first-order valence-electron chi connectivity index (χ1n) is 7.83. The largest absolute Gasteiger partial charge is 0.356 e. The zero-order valence-corrected chi connectivity index (χ0v) is 12.6. The summed E-state index contributed by atoms with van der Waals surface area (Å²) < 4.78 is 0. The van der Waals surface area contributed by atoms with Gasteiger partial charge in [-0.1, -0.05) is 25.1 Å². The molecule has 4 nitrogen and oxygen atoms in total. The summed E-state index contributed by atoms with van der Waals surface area (Å²) in [5, 5.41) is 4.33. The topological polar surface area (TPSA) is 48.1 Å². The predicted molar refractivity (Wildman–Crippen MR) is 83.4 cm³/mol. The summed E-state index contributed by atoms with van der Waals surface area (Å²) in [4.78, 5) is 18.0. The Morgan fingerprint density at radius 2 is 2.24 bits per heavy atom. The molecular weight excluding hydrogens is 262 g/mol. The smallest absolute Gasteiger partial charge is 0.318 e. The molecule has 0 aliphatic carbocycles. The highest BCUT2D eigenvalue weighted by molar-refractivity contribution is 5.89. The van der Waals surface area contributed by atoms with Crippen LogP contribution >= 0.6 is 0 Å². The minimum Gasteiger partial charge on any atom is -0.356 e. The fourth-order valence-electron chi connectivity index (χ4n) is 4.22. The van der Waals surface area contributed by atoms with Crippen molar-refractivity contribution in [1.82, 2.24) is 15.2 Å². The Kier molecular flexibility index (Phi) is 2.59. The van der Waals surface area contributed by atoms with Gasteiger partial charge in [-0.05, 0) is 37.3 Å². The summed E-state index contributed by atoms with van der Waals surface area (Å²) in [6.07, 6.45) is 2.88. The number of aromatic nitrogens is 1. The summed E-state index contributed by atoms with van der Waals surface area (Å²) in [6, 6.07) is 6.57. The van der Waals surface area contributed by atoms with E-state index in [1.54, 1.807) is 0 Å². The van der Waals surface area contributed by atoms with Gasteiger partial charge in [0, 0.05) is 29.7 Å². The molecule has 1 atom stereocenters. The molecule has 2 amide bonds. The normalized spacial score (nSPS) is 24.7. The summed E-state index contributed by atoms with van der Waals surface area (Å²) in [5.74, 6) is 0. The van der Waals surface area contributed by atoms with Crippen molar-refractivity contribution in [1.29, 1.82) is 0 Å². The third kappa shape index (κ3) is 1.53. The average Bonchev–Trinajstić information content (AvgIpc) is 2.88. The fraction of sp³-hybridized carbons (Fsp3) is 0.471. The van der Waals surface area contributed by atoms with Crippen molar-refractivity contribution in [3.63, 3.8) is 0 Å². The van der Waals surface area contributed by atoms with E-state index < -0.39 is 0 Å². The lowest BCUT2D eigenvalue weighted by Crippen LogP contribution is -2.61. The third-order valence-corrected chi connectivity index (χ3v) is 5.36. The van der Waals surface area contributed by atoms with Crippen LogP contribution in [0, 0.1) is 6.92 Å². The van der Waals surface area contributed by atoms with Crippen molar-refractivity contribution in [3.05, 3.63) is 35.0 Å². The molecule has 2 N–H and O–H groups in total. The monoisotopic (exact) mass is 283 g/mol. The number of H-pyrrole nitrogens is 1. The van der Waals surface area contributed by atoms with Crippen molar-refractivity contribution in [2.45, 2.75) is 38.6 Å². The Bertz CT molecular complexity index is 733. The number of nitrogens with one attached hydrogen (secondary N) is 2. The van der Waals surface area contributed by atoms with Crippen LogP contribution in [0.4, 0.5) is 4.79 Å². The van der Waals surface area contributed by atoms with Gasteiger partial charge >= 0.3 is 6.03 Å². The van der Waals surface area contributed by atoms with Gasteiger partial charge in [-0.3, -0.25) is 0 Å². The van der Waals surface area contributed by atoms with Crippen LogP contribution in [0.15, 0.2) is 18.2 Å². The maximum atomic E-state index is 12.3. The number of aromatic amines is 1. The van der Waals surface area contributed by atoms with Crippen LogP contribution in [0.5, 0.6) is 0 Å². The zero-order valence-electron chi connectivity index (χ0n) is 12.6.